The van der Waals surface area contributed by atoms with Gasteiger partial charge in [-0.2, -0.15) is 0 Å². The third kappa shape index (κ3) is 4.03. The number of hydrogen-bond donors (Lipinski definition) is 2. The average molecular weight is 294 g/mol. The highest BCUT2D eigenvalue weighted by Crippen LogP contribution is 2.16. The fraction of sp³-hybridized carbons (Fsp3) is 0.818. The van der Waals surface area contributed by atoms with Crippen LogP contribution in [0.3, 0.4) is 0 Å². The second-order valence-electron chi connectivity index (χ2n) is 4.60. The molecule has 0 aromatic heterocycles. The van der Waals surface area contributed by atoms with Crippen LogP contribution < -0.4 is 10.6 Å². The predicted octanol–water partition coefficient (Wildman–Crippen LogP) is 0.198. The molecule has 0 aromatic carbocycles. The van der Waals surface area contributed by atoms with Crippen LogP contribution in [0.15, 0.2) is 0 Å². The number of thioether (sulfide) groups is 1. The molecule has 7 heteroatoms. The molecule has 0 spiro atoms. The summed E-state index contributed by atoms with van der Waals surface area (Å²) in [6, 6.07) is 0.0929. The monoisotopic (exact) mass is 293 g/mol. The van der Waals surface area contributed by atoms with Gasteiger partial charge < -0.3 is 10.2 Å². The number of amides is 2. The Hall–Kier alpha value is -0.460. The van der Waals surface area contributed by atoms with E-state index in [4.69, 9.17) is 0 Å². The highest BCUT2D eigenvalue weighted by molar-refractivity contribution is 7.99. The Morgan fingerprint density at radius 1 is 1.44 bits per heavy atom. The van der Waals surface area contributed by atoms with Gasteiger partial charge in [0.25, 0.3) is 0 Å². The minimum Gasteiger partial charge on any atom is -0.352 e. The number of rotatable bonds is 2. The Morgan fingerprint density at radius 3 is 2.83 bits per heavy atom. The van der Waals surface area contributed by atoms with Gasteiger partial charge in [-0.05, 0) is 12.8 Å². The Kier molecular flexibility index (Phi) is 6.25. The molecule has 2 atom stereocenters. The van der Waals surface area contributed by atoms with Crippen molar-refractivity contribution >= 4 is 36.0 Å². The number of nitrogens with zero attached hydrogens (tertiary/aromatic N) is 1. The van der Waals surface area contributed by atoms with Crippen molar-refractivity contribution in [1.29, 1.82) is 0 Å². The summed E-state index contributed by atoms with van der Waals surface area (Å²) < 4.78 is 0. The fourth-order valence-corrected chi connectivity index (χ4v) is 3.29. The molecule has 0 aromatic rings. The van der Waals surface area contributed by atoms with Crippen LogP contribution in [-0.2, 0) is 9.59 Å². The predicted molar refractivity (Wildman–Crippen MR) is 74.9 cm³/mol. The molecule has 2 aliphatic rings. The number of carbonyl (C=O) groups excluding carboxylic acids is 2. The Bertz CT molecular complexity index is 311. The molecular weight excluding hydrogens is 274 g/mol. The van der Waals surface area contributed by atoms with Crippen LogP contribution in [0, 0.1) is 0 Å². The van der Waals surface area contributed by atoms with E-state index in [1.54, 1.807) is 11.8 Å². The Balaban J connectivity index is 0.00000162. The number of likely N-dealkylation sites (tertiary alicyclic amines) is 1. The molecule has 2 N–H and O–H groups in total. The summed E-state index contributed by atoms with van der Waals surface area (Å²) >= 11 is 1.76. The van der Waals surface area contributed by atoms with Gasteiger partial charge in [0, 0.05) is 37.7 Å². The molecule has 0 aliphatic carbocycles. The summed E-state index contributed by atoms with van der Waals surface area (Å²) in [6.45, 7) is 2.99. The fourth-order valence-electron chi connectivity index (χ4n) is 2.36. The molecule has 2 saturated heterocycles. The van der Waals surface area contributed by atoms with E-state index in [1.165, 1.54) is 6.92 Å². The molecule has 2 unspecified atom stereocenters. The maximum absolute atomic E-state index is 12.2. The number of halogens is 1. The van der Waals surface area contributed by atoms with Crippen molar-refractivity contribution in [2.24, 2.45) is 0 Å². The maximum Gasteiger partial charge on any atom is 0.240 e. The molecule has 5 nitrogen and oxygen atoms in total. The minimum atomic E-state index is -0.0314. The van der Waals surface area contributed by atoms with Crippen LogP contribution in [0.1, 0.15) is 19.8 Å². The average Bonchev–Trinajstić information content (AvgIpc) is 2.81. The summed E-state index contributed by atoms with van der Waals surface area (Å²) in [4.78, 5) is 25.1. The largest absolute Gasteiger partial charge is 0.352 e. The number of hydrogen-bond acceptors (Lipinski definition) is 4. The van der Waals surface area contributed by atoms with Gasteiger partial charge in [0.15, 0.2) is 0 Å². The van der Waals surface area contributed by atoms with Crippen molar-refractivity contribution in [3.8, 4) is 0 Å². The lowest BCUT2D eigenvalue weighted by molar-refractivity contribution is -0.134. The molecule has 0 saturated carbocycles. The molecular formula is C11H20ClN3O2S. The van der Waals surface area contributed by atoms with Gasteiger partial charge in [-0.3, -0.25) is 14.9 Å². The molecule has 2 rings (SSSR count). The second kappa shape index (κ2) is 7.21. The van der Waals surface area contributed by atoms with Crippen LogP contribution in [0.2, 0.25) is 0 Å². The number of piperidine rings is 1. The third-order valence-electron chi connectivity index (χ3n) is 3.15. The van der Waals surface area contributed by atoms with Crippen molar-refractivity contribution in [2.45, 2.75) is 31.8 Å². The van der Waals surface area contributed by atoms with E-state index in [0.717, 1.165) is 31.0 Å². The molecule has 18 heavy (non-hydrogen) atoms. The second-order valence-corrected chi connectivity index (χ2v) is 5.63. The van der Waals surface area contributed by atoms with E-state index < -0.39 is 0 Å². The zero-order chi connectivity index (χ0) is 12.3. The van der Waals surface area contributed by atoms with Gasteiger partial charge in [-0.15, -0.1) is 24.2 Å². The van der Waals surface area contributed by atoms with Gasteiger partial charge in [-0.25, -0.2) is 0 Å². The van der Waals surface area contributed by atoms with Gasteiger partial charge in [0.1, 0.15) is 0 Å². The van der Waals surface area contributed by atoms with Crippen molar-refractivity contribution in [1.82, 2.24) is 15.5 Å². The summed E-state index contributed by atoms with van der Waals surface area (Å²) in [5.41, 5.74) is 0. The van der Waals surface area contributed by atoms with Crippen LogP contribution in [0.4, 0.5) is 0 Å². The smallest absolute Gasteiger partial charge is 0.240 e. The lowest BCUT2D eigenvalue weighted by Gasteiger charge is -2.34. The molecule has 2 fully saturated rings. The first-order chi connectivity index (χ1) is 8.16. The lowest BCUT2D eigenvalue weighted by Crippen LogP contribution is -2.53. The Labute approximate surface area is 118 Å². The van der Waals surface area contributed by atoms with Crippen molar-refractivity contribution in [3.05, 3.63) is 0 Å². The highest BCUT2D eigenvalue weighted by atomic mass is 35.5. The summed E-state index contributed by atoms with van der Waals surface area (Å²) in [5, 5.41) is 6.09. The molecule has 2 aliphatic heterocycles. The summed E-state index contributed by atoms with van der Waals surface area (Å²) in [6.07, 6.45) is 1.94. The first kappa shape index (κ1) is 15.6. The van der Waals surface area contributed by atoms with E-state index in [9.17, 15) is 9.59 Å². The first-order valence-corrected chi connectivity index (χ1v) is 7.19. The van der Waals surface area contributed by atoms with Gasteiger partial charge in [0.05, 0.1) is 6.04 Å². The molecule has 2 heterocycles. The molecule has 0 radical (unpaired) electrons. The topological polar surface area (TPSA) is 61.4 Å². The SMILES string of the molecule is CC(=O)NC1CCCN(C(=O)C2CSCN2)C1.Cl. The standard InChI is InChI=1S/C11H19N3O2S.ClH/c1-8(15)13-9-3-2-4-14(5-9)11(16)10-6-17-7-12-10;/h9-10,12H,2-7H2,1H3,(H,13,15);1H. The van der Waals surface area contributed by atoms with Gasteiger partial charge in [-0.1, -0.05) is 0 Å². The lowest BCUT2D eigenvalue weighted by atomic mass is 10.0. The van der Waals surface area contributed by atoms with Crippen molar-refractivity contribution in [2.75, 3.05) is 24.7 Å². The van der Waals surface area contributed by atoms with Gasteiger partial charge >= 0.3 is 0 Å². The summed E-state index contributed by atoms with van der Waals surface area (Å²) in [7, 11) is 0. The zero-order valence-electron chi connectivity index (χ0n) is 10.5. The van der Waals surface area contributed by atoms with E-state index in [1.807, 2.05) is 4.90 Å². The normalized spacial score (nSPS) is 27.5. The Morgan fingerprint density at radius 2 is 2.22 bits per heavy atom. The van der Waals surface area contributed by atoms with E-state index in [2.05, 4.69) is 10.6 Å². The van der Waals surface area contributed by atoms with E-state index >= 15 is 0 Å². The zero-order valence-corrected chi connectivity index (χ0v) is 12.1. The third-order valence-corrected chi connectivity index (χ3v) is 4.09. The van der Waals surface area contributed by atoms with Crippen molar-refractivity contribution in [3.63, 3.8) is 0 Å². The summed E-state index contributed by atoms with van der Waals surface area (Å²) in [5.74, 6) is 1.89. The molecule has 2 amide bonds. The van der Waals surface area contributed by atoms with E-state index in [0.29, 0.717) is 6.54 Å². The minimum absolute atomic E-state index is 0. The van der Waals surface area contributed by atoms with Crippen LogP contribution in [0.25, 0.3) is 0 Å². The number of nitrogens with one attached hydrogen (secondary N) is 2. The van der Waals surface area contributed by atoms with Crippen LogP contribution >= 0.6 is 24.2 Å². The first-order valence-electron chi connectivity index (χ1n) is 6.04. The van der Waals surface area contributed by atoms with Gasteiger partial charge in [0.2, 0.25) is 11.8 Å². The van der Waals surface area contributed by atoms with Crippen LogP contribution in [0.5, 0.6) is 0 Å². The maximum atomic E-state index is 12.2. The molecule has 0 bridgehead atoms. The quantitative estimate of drug-likeness (QED) is 0.763. The molecule has 104 valence electrons. The number of carbonyl (C=O) groups is 2. The van der Waals surface area contributed by atoms with Crippen LogP contribution in [-0.4, -0.2) is 53.5 Å². The van der Waals surface area contributed by atoms with E-state index in [-0.39, 0.29) is 36.3 Å². The van der Waals surface area contributed by atoms with Crippen molar-refractivity contribution < 1.29 is 9.59 Å². The highest BCUT2D eigenvalue weighted by Gasteiger charge is 2.30.